The Hall–Kier alpha value is -0.0300. The van der Waals surface area contributed by atoms with Gasteiger partial charge in [0.1, 0.15) is 0 Å². The van der Waals surface area contributed by atoms with Gasteiger partial charge in [-0.3, -0.25) is 4.79 Å². The quantitative estimate of drug-likeness (QED) is 0.783. The van der Waals surface area contributed by atoms with Crippen molar-refractivity contribution in [2.45, 2.75) is 39.5 Å². The maximum absolute atomic E-state index is 12.5. The van der Waals surface area contributed by atoms with Crippen LogP contribution in [0.1, 0.15) is 39.5 Å². The molecule has 0 spiro atoms. The molecule has 1 N–H and O–H groups in total. The Morgan fingerprint density at radius 1 is 1.26 bits per heavy atom. The van der Waals surface area contributed by atoms with Crippen LogP contribution in [0.25, 0.3) is 0 Å². The number of halogens is 2. The van der Waals surface area contributed by atoms with E-state index in [0.29, 0.717) is 17.7 Å². The molecular formula is C17H35Cl2N3O. The van der Waals surface area contributed by atoms with E-state index in [0.717, 1.165) is 51.6 Å². The average Bonchev–Trinajstić information content (AvgIpc) is 2.96. The van der Waals surface area contributed by atoms with Crippen LogP contribution in [-0.4, -0.2) is 62.0 Å². The molecule has 0 saturated carbocycles. The van der Waals surface area contributed by atoms with Crippen LogP contribution in [-0.2, 0) is 4.79 Å². The summed E-state index contributed by atoms with van der Waals surface area (Å²) >= 11 is 0. The molecule has 2 aliphatic heterocycles. The molecule has 23 heavy (non-hydrogen) atoms. The highest BCUT2D eigenvalue weighted by Crippen LogP contribution is 2.26. The zero-order valence-electron chi connectivity index (χ0n) is 14.9. The Labute approximate surface area is 154 Å². The lowest BCUT2D eigenvalue weighted by molar-refractivity contribution is -0.131. The number of nitrogens with one attached hydrogen (secondary N) is 1. The van der Waals surface area contributed by atoms with Crippen molar-refractivity contribution in [3.63, 3.8) is 0 Å². The van der Waals surface area contributed by atoms with E-state index in [9.17, 15) is 4.79 Å². The number of amides is 1. The predicted molar refractivity (Wildman–Crippen MR) is 102 cm³/mol. The summed E-state index contributed by atoms with van der Waals surface area (Å²) in [6.45, 7) is 10.9. The molecule has 0 radical (unpaired) electrons. The van der Waals surface area contributed by atoms with E-state index >= 15 is 0 Å². The summed E-state index contributed by atoms with van der Waals surface area (Å²) in [5, 5.41) is 3.41. The molecule has 0 aliphatic carbocycles. The van der Waals surface area contributed by atoms with Gasteiger partial charge in [0.25, 0.3) is 0 Å². The molecule has 2 unspecified atom stereocenters. The van der Waals surface area contributed by atoms with Gasteiger partial charge < -0.3 is 15.1 Å². The zero-order valence-corrected chi connectivity index (χ0v) is 16.6. The minimum atomic E-state index is 0. The van der Waals surface area contributed by atoms with Gasteiger partial charge in [0, 0.05) is 26.1 Å². The maximum Gasteiger partial charge on any atom is 0.222 e. The highest BCUT2D eigenvalue weighted by molar-refractivity contribution is 5.85. The molecule has 2 rings (SSSR count). The van der Waals surface area contributed by atoms with Crippen molar-refractivity contribution in [2.24, 2.45) is 17.8 Å². The number of carbonyl (C=O) groups is 1. The van der Waals surface area contributed by atoms with Crippen LogP contribution >= 0.6 is 24.8 Å². The number of piperidine rings is 1. The lowest BCUT2D eigenvalue weighted by Gasteiger charge is -2.29. The number of nitrogens with zero attached hydrogens (tertiary/aromatic N) is 2. The first-order chi connectivity index (χ1) is 10.1. The molecule has 0 aromatic heterocycles. The lowest BCUT2D eigenvalue weighted by atomic mass is 9.84. The number of likely N-dealkylation sites (tertiary alicyclic amines) is 1. The molecule has 0 aromatic rings. The standard InChI is InChI=1S/C17H33N3O.2ClH/c1-4-19(3)12-15-7-10-20(13-15)17(21)11-14(2)16-5-8-18-9-6-16;;/h14-16,18H,4-13H2,1-3H3;2*1H. The number of hydrogen-bond donors (Lipinski definition) is 1. The summed E-state index contributed by atoms with van der Waals surface area (Å²) in [5.41, 5.74) is 0. The van der Waals surface area contributed by atoms with Crippen LogP contribution in [0.5, 0.6) is 0 Å². The molecule has 0 aromatic carbocycles. The normalized spacial score (nSPS) is 23.3. The SMILES string of the molecule is CCN(C)CC1CCN(C(=O)CC(C)C2CCNCC2)C1.Cl.Cl. The van der Waals surface area contributed by atoms with Crippen molar-refractivity contribution in [2.75, 3.05) is 46.3 Å². The third kappa shape index (κ3) is 7.16. The van der Waals surface area contributed by atoms with E-state index in [4.69, 9.17) is 0 Å². The largest absolute Gasteiger partial charge is 0.342 e. The number of carbonyl (C=O) groups excluding carboxylic acids is 1. The third-order valence-electron chi connectivity index (χ3n) is 5.43. The van der Waals surface area contributed by atoms with E-state index in [1.165, 1.54) is 19.3 Å². The van der Waals surface area contributed by atoms with Gasteiger partial charge in [-0.2, -0.15) is 0 Å². The molecule has 2 fully saturated rings. The molecule has 4 nitrogen and oxygen atoms in total. The molecule has 0 bridgehead atoms. The highest BCUT2D eigenvalue weighted by atomic mass is 35.5. The van der Waals surface area contributed by atoms with Crippen molar-refractivity contribution in [1.82, 2.24) is 15.1 Å². The van der Waals surface area contributed by atoms with Gasteiger partial charge >= 0.3 is 0 Å². The summed E-state index contributed by atoms with van der Waals surface area (Å²) < 4.78 is 0. The Kier molecular flexibility index (Phi) is 11.5. The Morgan fingerprint density at radius 2 is 1.91 bits per heavy atom. The average molecular weight is 368 g/mol. The monoisotopic (exact) mass is 367 g/mol. The Bertz CT molecular complexity index is 338. The minimum Gasteiger partial charge on any atom is -0.342 e. The first-order valence-corrected chi connectivity index (χ1v) is 8.77. The Balaban J connectivity index is 0.00000242. The molecule has 1 amide bonds. The predicted octanol–water partition coefficient (Wildman–Crippen LogP) is 2.66. The Morgan fingerprint density at radius 3 is 2.52 bits per heavy atom. The van der Waals surface area contributed by atoms with Gasteiger partial charge in [-0.05, 0) is 63.7 Å². The zero-order chi connectivity index (χ0) is 15.2. The lowest BCUT2D eigenvalue weighted by Crippen LogP contribution is -2.35. The smallest absolute Gasteiger partial charge is 0.222 e. The summed E-state index contributed by atoms with van der Waals surface area (Å²) in [6.07, 6.45) is 4.40. The van der Waals surface area contributed by atoms with Crippen molar-refractivity contribution in [3.8, 4) is 0 Å². The summed E-state index contributed by atoms with van der Waals surface area (Å²) in [7, 11) is 2.17. The molecule has 2 atom stereocenters. The van der Waals surface area contributed by atoms with Crippen LogP contribution < -0.4 is 5.32 Å². The van der Waals surface area contributed by atoms with Gasteiger partial charge in [0.15, 0.2) is 0 Å². The van der Waals surface area contributed by atoms with Gasteiger partial charge in [-0.1, -0.05) is 13.8 Å². The summed E-state index contributed by atoms with van der Waals surface area (Å²) in [6, 6.07) is 0. The van der Waals surface area contributed by atoms with E-state index in [1.54, 1.807) is 0 Å². The van der Waals surface area contributed by atoms with E-state index in [2.05, 4.69) is 36.0 Å². The van der Waals surface area contributed by atoms with Gasteiger partial charge in [-0.25, -0.2) is 0 Å². The van der Waals surface area contributed by atoms with Gasteiger partial charge in [-0.15, -0.1) is 24.8 Å². The fourth-order valence-electron chi connectivity index (χ4n) is 3.76. The van der Waals surface area contributed by atoms with Crippen LogP contribution in [0.15, 0.2) is 0 Å². The fraction of sp³-hybridized carbons (Fsp3) is 0.941. The number of hydrogen-bond acceptors (Lipinski definition) is 3. The van der Waals surface area contributed by atoms with Crippen LogP contribution in [0.4, 0.5) is 0 Å². The second-order valence-electron chi connectivity index (χ2n) is 7.12. The molecule has 2 saturated heterocycles. The summed E-state index contributed by atoms with van der Waals surface area (Å²) in [4.78, 5) is 17.0. The molecule has 138 valence electrons. The summed E-state index contributed by atoms with van der Waals surface area (Å²) in [5.74, 6) is 2.34. The van der Waals surface area contributed by atoms with Crippen molar-refractivity contribution >= 4 is 30.7 Å². The van der Waals surface area contributed by atoms with Crippen LogP contribution in [0.3, 0.4) is 0 Å². The van der Waals surface area contributed by atoms with Crippen molar-refractivity contribution in [3.05, 3.63) is 0 Å². The van der Waals surface area contributed by atoms with E-state index < -0.39 is 0 Å². The van der Waals surface area contributed by atoms with Crippen LogP contribution in [0.2, 0.25) is 0 Å². The van der Waals surface area contributed by atoms with Gasteiger partial charge in [0.05, 0.1) is 0 Å². The fourth-order valence-corrected chi connectivity index (χ4v) is 3.76. The van der Waals surface area contributed by atoms with E-state index in [-0.39, 0.29) is 24.8 Å². The highest BCUT2D eigenvalue weighted by Gasteiger charge is 2.29. The first kappa shape index (κ1) is 23.0. The second-order valence-corrected chi connectivity index (χ2v) is 7.12. The van der Waals surface area contributed by atoms with Crippen molar-refractivity contribution < 1.29 is 4.79 Å². The van der Waals surface area contributed by atoms with Crippen LogP contribution in [0, 0.1) is 17.8 Å². The maximum atomic E-state index is 12.5. The van der Waals surface area contributed by atoms with Gasteiger partial charge in [0.2, 0.25) is 5.91 Å². The first-order valence-electron chi connectivity index (χ1n) is 8.77. The second kappa shape index (κ2) is 11.5. The molecular weight excluding hydrogens is 333 g/mol. The minimum absolute atomic E-state index is 0. The molecule has 6 heteroatoms. The van der Waals surface area contributed by atoms with E-state index in [1.807, 2.05) is 0 Å². The molecule has 2 heterocycles. The number of rotatable bonds is 6. The van der Waals surface area contributed by atoms with Crippen molar-refractivity contribution in [1.29, 1.82) is 0 Å². The molecule has 2 aliphatic rings. The third-order valence-corrected chi connectivity index (χ3v) is 5.43. The topological polar surface area (TPSA) is 35.6 Å².